The van der Waals surface area contributed by atoms with Crippen molar-refractivity contribution in [3.63, 3.8) is 0 Å². The fraction of sp³-hybridized carbons (Fsp3) is 0.414. The molecule has 0 unspecified atom stereocenters. The van der Waals surface area contributed by atoms with Gasteiger partial charge in [-0.15, -0.1) is 0 Å². The van der Waals surface area contributed by atoms with Crippen LogP contribution in [0.5, 0.6) is 0 Å². The predicted molar refractivity (Wildman–Crippen MR) is 143 cm³/mol. The molecular formula is C29H34N6O. The SMILES string of the molecule is Cc1nn(C2CCNCC2)c(C)c1-c1cnc2cccc(-c3ccc(CN4CCOCC4)cc3)c2n1. The summed E-state index contributed by atoms with van der Waals surface area (Å²) >= 11 is 0. The van der Waals surface area contributed by atoms with Crippen LogP contribution in [0.3, 0.4) is 0 Å². The van der Waals surface area contributed by atoms with Crippen molar-refractivity contribution in [1.82, 2.24) is 30.0 Å². The van der Waals surface area contributed by atoms with Gasteiger partial charge in [0, 0.05) is 36.5 Å². The molecular weight excluding hydrogens is 448 g/mol. The van der Waals surface area contributed by atoms with Gasteiger partial charge >= 0.3 is 0 Å². The first-order chi connectivity index (χ1) is 17.7. The normalized spacial score (nSPS) is 17.6. The van der Waals surface area contributed by atoms with Crippen LogP contribution in [0.4, 0.5) is 0 Å². The third-order valence-corrected chi connectivity index (χ3v) is 7.58. The van der Waals surface area contributed by atoms with Gasteiger partial charge in [0.15, 0.2) is 0 Å². The highest BCUT2D eigenvalue weighted by Gasteiger charge is 2.23. The summed E-state index contributed by atoms with van der Waals surface area (Å²) in [4.78, 5) is 12.4. The number of hydrogen-bond donors (Lipinski definition) is 1. The molecule has 6 rings (SSSR count). The molecule has 4 aromatic rings. The number of hydrogen-bond acceptors (Lipinski definition) is 6. The first-order valence-corrected chi connectivity index (χ1v) is 13.1. The highest BCUT2D eigenvalue weighted by atomic mass is 16.5. The first-order valence-electron chi connectivity index (χ1n) is 13.1. The standard InChI is InChI=1S/C29H34N6O/c1-20-28(21(2)35(33-20)24-10-12-30-13-11-24)27-18-31-26-5-3-4-25(29(26)32-27)23-8-6-22(7-9-23)19-34-14-16-36-17-15-34/h3-9,18,24,30H,10-17,19H2,1-2H3. The zero-order valence-electron chi connectivity index (χ0n) is 21.2. The molecule has 2 aromatic carbocycles. The van der Waals surface area contributed by atoms with E-state index in [1.165, 1.54) is 11.3 Å². The number of aromatic nitrogens is 4. The minimum Gasteiger partial charge on any atom is -0.379 e. The number of nitrogens with one attached hydrogen (secondary N) is 1. The molecule has 186 valence electrons. The van der Waals surface area contributed by atoms with E-state index in [9.17, 15) is 0 Å². The van der Waals surface area contributed by atoms with Crippen molar-refractivity contribution in [2.45, 2.75) is 39.3 Å². The van der Waals surface area contributed by atoms with Crippen LogP contribution < -0.4 is 5.32 Å². The van der Waals surface area contributed by atoms with Crippen molar-refractivity contribution >= 4 is 11.0 Å². The van der Waals surface area contributed by atoms with Crippen LogP contribution in [-0.4, -0.2) is 64.0 Å². The van der Waals surface area contributed by atoms with E-state index < -0.39 is 0 Å². The van der Waals surface area contributed by atoms with Crippen molar-refractivity contribution in [3.8, 4) is 22.4 Å². The minimum absolute atomic E-state index is 0.443. The van der Waals surface area contributed by atoms with Crippen molar-refractivity contribution < 1.29 is 4.74 Å². The maximum absolute atomic E-state index is 5.48. The first kappa shape index (κ1) is 23.3. The number of ether oxygens (including phenoxy) is 1. The van der Waals surface area contributed by atoms with E-state index in [1.54, 1.807) is 0 Å². The molecule has 2 aliphatic rings. The second-order valence-corrected chi connectivity index (χ2v) is 9.99. The van der Waals surface area contributed by atoms with E-state index in [2.05, 4.69) is 65.1 Å². The van der Waals surface area contributed by atoms with E-state index in [1.807, 2.05) is 12.3 Å². The highest BCUT2D eigenvalue weighted by molar-refractivity contribution is 5.92. The lowest BCUT2D eigenvalue weighted by Gasteiger charge is -2.26. The lowest BCUT2D eigenvalue weighted by molar-refractivity contribution is 0.0342. The number of para-hydroxylation sites is 1. The Kier molecular flexibility index (Phi) is 6.52. The molecule has 2 saturated heterocycles. The fourth-order valence-electron chi connectivity index (χ4n) is 5.63. The molecule has 0 spiro atoms. The van der Waals surface area contributed by atoms with Gasteiger partial charge in [-0.05, 0) is 57.0 Å². The van der Waals surface area contributed by atoms with Gasteiger partial charge in [0.2, 0.25) is 0 Å². The maximum atomic E-state index is 5.48. The summed E-state index contributed by atoms with van der Waals surface area (Å²) < 4.78 is 7.70. The van der Waals surface area contributed by atoms with Gasteiger partial charge in [0.05, 0.1) is 47.9 Å². The summed E-state index contributed by atoms with van der Waals surface area (Å²) in [6.45, 7) is 10.9. The van der Waals surface area contributed by atoms with Gasteiger partial charge in [0.25, 0.3) is 0 Å². The fourth-order valence-corrected chi connectivity index (χ4v) is 5.63. The van der Waals surface area contributed by atoms with Crippen LogP contribution in [0.15, 0.2) is 48.7 Å². The summed E-state index contributed by atoms with van der Waals surface area (Å²) in [7, 11) is 0. The number of rotatable bonds is 5. The Balaban J connectivity index is 1.33. The van der Waals surface area contributed by atoms with Crippen molar-refractivity contribution in [2.75, 3.05) is 39.4 Å². The minimum atomic E-state index is 0.443. The molecule has 2 aromatic heterocycles. The summed E-state index contributed by atoms with van der Waals surface area (Å²) in [5, 5.41) is 8.39. The van der Waals surface area contributed by atoms with Crippen LogP contribution >= 0.6 is 0 Å². The second-order valence-electron chi connectivity index (χ2n) is 9.99. The van der Waals surface area contributed by atoms with Gasteiger partial charge < -0.3 is 10.1 Å². The number of piperidine rings is 1. The topological polar surface area (TPSA) is 68.1 Å². The Bertz CT molecular complexity index is 1350. The van der Waals surface area contributed by atoms with E-state index in [-0.39, 0.29) is 0 Å². The third kappa shape index (κ3) is 4.54. The van der Waals surface area contributed by atoms with Gasteiger partial charge in [-0.3, -0.25) is 14.6 Å². The highest BCUT2D eigenvalue weighted by Crippen LogP contribution is 2.33. The van der Waals surface area contributed by atoms with Gasteiger partial charge in [0.1, 0.15) is 0 Å². The molecule has 7 nitrogen and oxygen atoms in total. The maximum Gasteiger partial charge on any atom is 0.0972 e. The zero-order chi connectivity index (χ0) is 24.5. The number of aryl methyl sites for hydroxylation is 1. The number of morpholine rings is 1. The van der Waals surface area contributed by atoms with Crippen molar-refractivity contribution in [2.24, 2.45) is 0 Å². The van der Waals surface area contributed by atoms with Gasteiger partial charge in [-0.25, -0.2) is 4.98 Å². The molecule has 36 heavy (non-hydrogen) atoms. The third-order valence-electron chi connectivity index (χ3n) is 7.58. The quantitative estimate of drug-likeness (QED) is 0.451. The van der Waals surface area contributed by atoms with Crippen LogP contribution in [0.1, 0.15) is 35.8 Å². The Labute approximate surface area is 212 Å². The predicted octanol–water partition coefficient (Wildman–Crippen LogP) is 4.53. The molecule has 1 N–H and O–H groups in total. The van der Waals surface area contributed by atoms with E-state index in [4.69, 9.17) is 19.8 Å². The Hall–Kier alpha value is -3.13. The average molecular weight is 483 g/mol. The smallest absolute Gasteiger partial charge is 0.0972 e. The zero-order valence-corrected chi connectivity index (χ0v) is 21.2. The molecule has 4 heterocycles. The van der Waals surface area contributed by atoms with Crippen LogP contribution in [0, 0.1) is 13.8 Å². The van der Waals surface area contributed by atoms with Gasteiger partial charge in [-0.2, -0.15) is 5.10 Å². The molecule has 0 saturated carbocycles. The van der Waals surface area contributed by atoms with Gasteiger partial charge in [-0.1, -0.05) is 36.4 Å². The molecule has 0 bridgehead atoms. The van der Waals surface area contributed by atoms with Crippen LogP contribution in [-0.2, 0) is 11.3 Å². The summed E-state index contributed by atoms with van der Waals surface area (Å²) in [5.74, 6) is 0. The Morgan fingerprint density at radius 1 is 1.00 bits per heavy atom. The Morgan fingerprint density at radius 3 is 2.56 bits per heavy atom. The molecule has 0 atom stereocenters. The molecule has 7 heteroatoms. The summed E-state index contributed by atoms with van der Waals surface area (Å²) in [6, 6.07) is 15.6. The molecule has 2 fully saturated rings. The summed E-state index contributed by atoms with van der Waals surface area (Å²) in [5.41, 5.74) is 9.65. The largest absolute Gasteiger partial charge is 0.379 e. The van der Waals surface area contributed by atoms with Crippen molar-refractivity contribution in [1.29, 1.82) is 0 Å². The van der Waals surface area contributed by atoms with E-state index in [0.29, 0.717) is 6.04 Å². The number of nitrogens with zero attached hydrogens (tertiary/aromatic N) is 5. The van der Waals surface area contributed by atoms with E-state index >= 15 is 0 Å². The van der Waals surface area contributed by atoms with Crippen LogP contribution in [0.2, 0.25) is 0 Å². The lowest BCUT2D eigenvalue weighted by Crippen LogP contribution is -2.35. The molecule has 0 aliphatic carbocycles. The monoisotopic (exact) mass is 482 g/mol. The summed E-state index contributed by atoms with van der Waals surface area (Å²) in [6.07, 6.45) is 4.12. The number of fused-ring (bicyclic) bond motifs is 1. The number of benzene rings is 2. The lowest BCUT2D eigenvalue weighted by atomic mass is 10.0. The second kappa shape index (κ2) is 10.1. The average Bonchev–Trinajstić information content (AvgIpc) is 3.23. The van der Waals surface area contributed by atoms with E-state index in [0.717, 1.165) is 97.9 Å². The molecule has 0 amide bonds. The van der Waals surface area contributed by atoms with Crippen LogP contribution in [0.25, 0.3) is 33.4 Å². The molecule has 2 aliphatic heterocycles. The van der Waals surface area contributed by atoms with Crippen molar-refractivity contribution in [3.05, 3.63) is 65.6 Å². The Morgan fingerprint density at radius 2 is 1.78 bits per heavy atom. The molecule has 0 radical (unpaired) electrons.